The fourth-order valence-electron chi connectivity index (χ4n) is 3.16. The summed E-state index contributed by atoms with van der Waals surface area (Å²) in [6.07, 6.45) is 5.94. The van der Waals surface area contributed by atoms with Crippen molar-refractivity contribution in [1.82, 2.24) is 25.0 Å². The predicted octanol–water partition coefficient (Wildman–Crippen LogP) is 1.15. The van der Waals surface area contributed by atoms with Crippen molar-refractivity contribution in [2.75, 3.05) is 26.2 Å². The van der Waals surface area contributed by atoms with Crippen LogP contribution < -0.4 is 5.32 Å². The van der Waals surface area contributed by atoms with E-state index in [4.69, 9.17) is 0 Å². The van der Waals surface area contributed by atoms with Crippen LogP contribution in [0, 0.1) is 11.8 Å². The highest BCUT2D eigenvalue weighted by atomic mass is 16.1. The lowest BCUT2D eigenvalue weighted by Crippen LogP contribution is -2.40. The summed E-state index contributed by atoms with van der Waals surface area (Å²) in [5, 5.41) is 6.96. The van der Waals surface area contributed by atoms with Gasteiger partial charge in [-0.25, -0.2) is 4.98 Å². The summed E-state index contributed by atoms with van der Waals surface area (Å²) in [5.74, 6) is 1.68. The summed E-state index contributed by atoms with van der Waals surface area (Å²) in [7, 11) is 0. The van der Waals surface area contributed by atoms with Gasteiger partial charge in [-0.1, -0.05) is 13.8 Å². The molecule has 21 heavy (non-hydrogen) atoms. The van der Waals surface area contributed by atoms with Crippen LogP contribution in [-0.4, -0.2) is 51.8 Å². The summed E-state index contributed by atoms with van der Waals surface area (Å²) in [6.45, 7) is 9.48. The first-order valence-corrected chi connectivity index (χ1v) is 7.95. The van der Waals surface area contributed by atoms with Crippen LogP contribution in [0.1, 0.15) is 33.1 Å². The molecule has 1 fully saturated rings. The van der Waals surface area contributed by atoms with Crippen molar-refractivity contribution in [2.24, 2.45) is 11.8 Å². The lowest BCUT2D eigenvalue weighted by atomic mass is 9.92. The minimum absolute atomic E-state index is 0.0888. The molecule has 2 atom stereocenters. The number of carbonyl (C=O) groups is 1. The molecule has 0 spiro atoms. The number of carbonyl (C=O) groups excluding carboxylic acids is 1. The largest absolute Gasteiger partial charge is 0.356 e. The Morgan fingerprint density at radius 3 is 2.71 bits per heavy atom. The van der Waals surface area contributed by atoms with Crippen molar-refractivity contribution in [3.8, 4) is 0 Å². The quantitative estimate of drug-likeness (QED) is 0.766. The fourth-order valence-corrected chi connectivity index (χ4v) is 3.16. The number of piperidine rings is 1. The van der Waals surface area contributed by atoms with Gasteiger partial charge in [0, 0.05) is 26.1 Å². The van der Waals surface area contributed by atoms with Crippen LogP contribution in [0.4, 0.5) is 0 Å². The molecule has 0 unspecified atom stereocenters. The summed E-state index contributed by atoms with van der Waals surface area (Å²) in [6, 6.07) is 0. The van der Waals surface area contributed by atoms with Crippen LogP contribution in [0.2, 0.25) is 0 Å². The van der Waals surface area contributed by atoms with Crippen LogP contribution in [0.25, 0.3) is 0 Å². The highest BCUT2D eigenvalue weighted by Crippen LogP contribution is 2.20. The average molecular weight is 293 g/mol. The Labute approximate surface area is 126 Å². The van der Waals surface area contributed by atoms with Gasteiger partial charge in [0.1, 0.15) is 12.7 Å². The van der Waals surface area contributed by atoms with E-state index in [0.717, 1.165) is 31.3 Å². The molecule has 1 amide bonds. The van der Waals surface area contributed by atoms with Crippen LogP contribution in [0.5, 0.6) is 0 Å². The van der Waals surface area contributed by atoms with Crippen molar-refractivity contribution in [3.05, 3.63) is 12.7 Å². The van der Waals surface area contributed by atoms with Crippen molar-refractivity contribution in [1.29, 1.82) is 0 Å². The number of nitrogens with one attached hydrogen (secondary N) is 1. The van der Waals surface area contributed by atoms with Crippen LogP contribution in [-0.2, 0) is 11.3 Å². The molecule has 1 aliphatic heterocycles. The lowest BCUT2D eigenvalue weighted by Gasteiger charge is -2.34. The van der Waals surface area contributed by atoms with Gasteiger partial charge in [0.25, 0.3) is 0 Å². The van der Waals surface area contributed by atoms with Crippen LogP contribution in [0.15, 0.2) is 12.7 Å². The van der Waals surface area contributed by atoms with Crippen molar-refractivity contribution in [3.63, 3.8) is 0 Å². The highest BCUT2D eigenvalue weighted by Gasteiger charge is 2.20. The smallest absolute Gasteiger partial charge is 0.221 e. The van der Waals surface area contributed by atoms with Gasteiger partial charge in [0.05, 0.1) is 6.54 Å². The van der Waals surface area contributed by atoms with Gasteiger partial charge in [0.15, 0.2) is 0 Å². The third-order valence-electron chi connectivity index (χ3n) is 3.95. The van der Waals surface area contributed by atoms with E-state index >= 15 is 0 Å². The Balaban J connectivity index is 1.53. The standard InChI is InChI=1S/C15H27N5O/c1-13-8-14(2)10-19(9-13)6-3-5-17-15(21)4-7-20-12-16-11-18-20/h11-14H,3-10H2,1-2H3,(H,17,21)/t13-,14+. The Hall–Kier alpha value is -1.43. The molecule has 1 saturated heterocycles. The maximum absolute atomic E-state index is 11.7. The Bertz CT molecular complexity index is 410. The van der Waals surface area contributed by atoms with Gasteiger partial charge in [-0.15, -0.1) is 0 Å². The van der Waals surface area contributed by atoms with E-state index in [2.05, 4.69) is 34.1 Å². The van der Waals surface area contributed by atoms with Gasteiger partial charge < -0.3 is 10.2 Å². The Morgan fingerprint density at radius 2 is 2.05 bits per heavy atom. The minimum Gasteiger partial charge on any atom is -0.356 e. The molecule has 2 rings (SSSR count). The van der Waals surface area contributed by atoms with Gasteiger partial charge in [-0.3, -0.25) is 9.48 Å². The fraction of sp³-hybridized carbons (Fsp3) is 0.800. The summed E-state index contributed by atoms with van der Waals surface area (Å²) >= 11 is 0. The van der Waals surface area contributed by atoms with E-state index in [1.165, 1.54) is 25.8 Å². The van der Waals surface area contributed by atoms with Gasteiger partial charge >= 0.3 is 0 Å². The maximum Gasteiger partial charge on any atom is 0.221 e. The first-order valence-electron chi connectivity index (χ1n) is 7.95. The molecule has 0 aromatic carbocycles. The SMILES string of the molecule is C[C@@H]1C[C@H](C)CN(CCCNC(=O)CCn2cncn2)C1. The Morgan fingerprint density at radius 1 is 1.29 bits per heavy atom. The van der Waals surface area contributed by atoms with Crippen LogP contribution in [0.3, 0.4) is 0 Å². The van der Waals surface area contributed by atoms with E-state index in [9.17, 15) is 4.79 Å². The van der Waals surface area contributed by atoms with Crippen molar-refractivity contribution >= 4 is 5.91 Å². The molecule has 1 aliphatic rings. The number of likely N-dealkylation sites (tertiary alicyclic amines) is 1. The second-order valence-corrected chi connectivity index (χ2v) is 6.32. The third kappa shape index (κ3) is 5.83. The third-order valence-corrected chi connectivity index (χ3v) is 3.95. The van der Waals surface area contributed by atoms with E-state index < -0.39 is 0 Å². The van der Waals surface area contributed by atoms with E-state index in [1.807, 2.05) is 0 Å². The number of amides is 1. The monoisotopic (exact) mass is 293 g/mol. The second-order valence-electron chi connectivity index (χ2n) is 6.32. The molecular weight excluding hydrogens is 266 g/mol. The molecule has 2 heterocycles. The van der Waals surface area contributed by atoms with E-state index in [-0.39, 0.29) is 5.91 Å². The molecule has 6 nitrogen and oxygen atoms in total. The first kappa shape index (κ1) is 15.9. The number of aromatic nitrogens is 3. The average Bonchev–Trinajstić information content (AvgIpc) is 2.93. The Kier molecular flexibility index (Phi) is 6.17. The van der Waals surface area contributed by atoms with Gasteiger partial charge in [-0.05, 0) is 31.2 Å². The summed E-state index contributed by atoms with van der Waals surface area (Å²) < 4.78 is 1.68. The second kappa shape index (κ2) is 8.12. The van der Waals surface area contributed by atoms with E-state index in [1.54, 1.807) is 11.0 Å². The number of hydrogen-bond acceptors (Lipinski definition) is 4. The zero-order valence-electron chi connectivity index (χ0n) is 13.2. The normalized spacial score (nSPS) is 23.1. The molecule has 1 aromatic rings. The number of nitrogens with zero attached hydrogens (tertiary/aromatic N) is 4. The topological polar surface area (TPSA) is 63.1 Å². The zero-order chi connectivity index (χ0) is 15.1. The molecule has 0 aliphatic carbocycles. The summed E-state index contributed by atoms with van der Waals surface area (Å²) in [5.41, 5.74) is 0. The molecule has 118 valence electrons. The molecular formula is C15H27N5O. The number of aryl methyl sites for hydroxylation is 1. The number of rotatable bonds is 7. The zero-order valence-corrected chi connectivity index (χ0v) is 13.2. The molecule has 1 N–H and O–H groups in total. The maximum atomic E-state index is 11.7. The lowest BCUT2D eigenvalue weighted by molar-refractivity contribution is -0.121. The molecule has 1 aromatic heterocycles. The van der Waals surface area contributed by atoms with E-state index in [0.29, 0.717) is 13.0 Å². The first-order chi connectivity index (χ1) is 10.1. The summed E-state index contributed by atoms with van der Waals surface area (Å²) in [4.78, 5) is 18.1. The number of hydrogen-bond donors (Lipinski definition) is 1. The van der Waals surface area contributed by atoms with Gasteiger partial charge in [-0.2, -0.15) is 5.10 Å². The highest BCUT2D eigenvalue weighted by molar-refractivity contribution is 5.75. The van der Waals surface area contributed by atoms with Crippen molar-refractivity contribution in [2.45, 2.75) is 39.7 Å². The van der Waals surface area contributed by atoms with Crippen LogP contribution >= 0.6 is 0 Å². The minimum atomic E-state index is 0.0888. The van der Waals surface area contributed by atoms with Crippen molar-refractivity contribution < 1.29 is 4.79 Å². The molecule has 6 heteroatoms. The molecule has 0 saturated carbocycles. The predicted molar refractivity (Wildman–Crippen MR) is 81.7 cm³/mol. The molecule has 0 bridgehead atoms. The molecule has 0 radical (unpaired) electrons. The van der Waals surface area contributed by atoms with Gasteiger partial charge in [0.2, 0.25) is 5.91 Å².